The monoisotopic (exact) mass is 425 g/mol. The predicted molar refractivity (Wildman–Crippen MR) is 125 cm³/mol. The lowest BCUT2D eigenvalue weighted by Gasteiger charge is -2.20. The van der Waals surface area contributed by atoms with Crippen molar-refractivity contribution in [2.45, 2.75) is 12.5 Å². The highest BCUT2D eigenvalue weighted by atomic mass is 35.5. The standard InChI is InChI=1S/C27H22ClN2O/c28-24-17-22(27(31)25(29)16-19-8-7-15-30-18-19)13-14-23(24)26(20-9-3-1-4-10-20)21-11-5-2-6-12-21/h1-15,17-18,25H,16,29H2/t25-/m0/s1. The van der Waals surface area contributed by atoms with Gasteiger partial charge in [0.15, 0.2) is 5.78 Å². The number of ketones is 1. The summed E-state index contributed by atoms with van der Waals surface area (Å²) in [5.74, 6) is 0.878. The van der Waals surface area contributed by atoms with Gasteiger partial charge in [-0.3, -0.25) is 9.78 Å². The molecule has 0 unspecified atom stereocenters. The molecule has 1 heterocycles. The summed E-state index contributed by atoms with van der Waals surface area (Å²) in [4.78, 5) is 17.0. The van der Waals surface area contributed by atoms with Gasteiger partial charge in [0.2, 0.25) is 0 Å². The molecule has 1 aromatic heterocycles. The van der Waals surface area contributed by atoms with E-state index in [0.717, 1.165) is 28.2 Å². The Bertz CT molecular complexity index is 1110. The highest BCUT2D eigenvalue weighted by Crippen LogP contribution is 2.35. The maximum absolute atomic E-state index is 12.9. The van der Waals surface area contributed by atoms with Crippen molar-refractivity contribution in [3.63, 3.8) is 0 Å². The van der Waals surface area contributed by atoms with E-state index in [4.69, 9.17) is 17.3 Å². The summed E-state index contributed by atoms with van der Waals surface area (Å²) in [7, 11) is 0. The molecule has 1 atom stereocenters. The van der Waals surface area contributed by atoms with E-state index < -0.39 is 6.04 Å². The Morgan fingerprint density at radius 2 is 1.48 bits per heavy atom. The molecule has 0 aliphatic carbocycles. The first-order valence-electron chi connectivity index (χ1n) is 10.1. The normalized spacial score (nSPS) is 12.0. The molecule has 3 nitrogen and oxygen atoms in total. The molecule has 4 aromatic rings. The van der Waals surface area contributed by atoms with Gasteiger partial charge in [-0.2, -0.15) is 0 Å². The highest BCUT2D eigenvalue weighted by molar-refractivity contribution is 6.32. The molecule has 0 bridgehead atoms. The van der Waals surface area contributed by atoms with Crippen LogP contribution in [0, 0.1) is 5.92 Å². The van der Waals surface area contributed by atoms with E-state index in [1.54, 1.807) is 24.5 Å². The number of carbonyl (C=O) groups excluding carboxylic acids is 1. The summed E-state index contributed by atoms with van der Waals surface area (Å²) >= 11 is 6.71. The van der Waals surface area contributed by atoms with E-state index in [2.05, 4.69) is 29.2 Å². The number of benzene rings is 3. The van der Waals surface area contributed by atoms with Crippen LogP contribution in [0.15, 0.2) is 103 Å². The number of nitrogens with two attached hydrogens (primary N) is 1. The SMILES string of the molecule is N[C@@H](Cc1cccnc1)C(=O)c1ccc([C](c2ccccc2)c2ccccc2)c(Cl)c1. The molecule has 0 saturated heterocycles. The van der Waals surface area contributed by atoms with Gasteiger partial charge in [0.1, 0.15) is 0 Å². The predicted octanol–water partition coefficient (Wildman–Crippen LogP) is 5.51. The number of Topliss-reactive ketones (excluding diaryl/α,β-unsaturated/α-hetero) is 1. The second-order valence-electron chi connectivity index (χ2n) is 7.34. The Morgan fingerprint density at radius 3 is 2.03 bits per heavy atom. The molecular weight excluding hydrogens is 404 g/mol. The molecule has 1 radical (unpaired) electrons. The number of aromatic nitrogens is 1. The number of halogens is 1. The Kier molecular flexibility index (Phi) is 6.56. The second-order valence-corrected chi connectivity index (χ2v) is 7.75. The summed E-state index contributed by atoms with van der Waals surface area (Å²) in [5, 5.41) is 0.516. The topological polar surface area (TPSA) is 56.0 Å². The van der Waals surface area contributed by atoms with Crippen LogP contribution < -0.4 is 5.73 Å². The fourth-order valence-corrected chi connectivity index (χ4v) is 3.91. The van der Waals surface area contributed by atoms with Crippen molar-refractivity contribution in [1.82, 2.24) is 4.98 Å². The van der Waals surface area contributed by atoms with Gasteiger partial charge in [-0.05, 0) is 40.8 Å². The molecule has 0 amide bonds. The summed E-state index contributed by atoms with van der Waals surface area (Å²) in [6, 6.07) is 28.7. The molecule has 2 N–H and O–H groups in total. The number of hydrogen-bond donors (Lipinski definition) is 1. The maximum Gasteiger partial charge on any atom is 0.179 e. The van der Waals surface area contributed by atoms with Crippen LogP contribution in [-0.4, -0.2) is 16.8 Å². The first-order valence-corrected chi connectivity index (χ1v) is 10.5. The average molecular weight is 426 g/mol. The van der Waals surface area contributed by atoms with E-state index in [1.807, 2.05) is 54.6 Å². The molecule has 0 spiro atoms. The number of hydrogen-bond acceptors (Lipinski definition) is 3. The van der Waals surface area contributed by atoms with Gasteiger partial charge in [-0.25, -0.2) is 0 Å². The molecule has 3 aromatic carbocycles. The molecule has 0 fully saturated rings. The number of nitrogens with zero attached hydrogens (tertiary/aromatic N) is 1. The van der Waals surface area contributed by atoms with Crippen LogP contribution in [0.1, 0.15) is 32.6 Å². The van der Waals surface area contributed by atoms with Crippen LogP contribution in [0.3, 0.4) is 0 Å². The summed E-state index contributed by atoms with van der Waals surface area (Å²) in [6.45, 7) is 0. The molecule has 153 valence electrons. The first kappa shape index (κ1) is 21.0. The van der Waals surface area contributed by atoms with E-state index >= 15 is 0 Å². The molecular formula is C27H22ClN2O. The van der Waals surface area contributed by atoms with Crippen molar-refractivity contribution in [3.05, 3.63) is 142 Å². The third-order valence-corrected chi connectivity index (χ3v) is 5.48. The van der Waals surface area contributed by atoms with Gasteiger partial charge in [0.25, 0.3) is 0 Å². The van der Waals surface area contributed by atoms with Crippen LogP contribution in [0.4, 0.5) is 0 Å². The minimum absolute atomic E-state index is 0.140. The zero-order valence-electron chi connectivity index (χ0n) is 16.9. The summed E-state index contributed by atoms with van der Waals surface area (Å²) in [6.07, 6.45) is 3.85. The van der Waals surface area contributed by atoms with Crippen LogP contribution in [0.5, 0.6) is 0 Å². The Labute approximate surface area is 187 Å². The largest absolute Gasteiger partial charge is 0.321 e. The van der Waals surface area contributed by atoms with Crippen LogP contribution >= 0.6 is 11.6 Å². The van der Waals surface area contributed by atoms with Crippen molar-refractivity contribution >= 4 is 17.4 Å². The highest BCUT2D eigenvalue weighted by Gasteiger charge is 2.23. The van der Waals surface area contributed by atoms with Gasteiger partial charge >= 0.3 is 0 Å². The smallest absolute Gasteiger partial charge is 0.179 e. The zero-order chi connectivity index (χ0) is 21.6. The van der Waals surface area contributed by atoms with E-state index in [9.17, 15) is 4.79 Å². The van der Waals surface area contributed by atoms with Crippen molar-refractivity contribution in [3.8, 4) is 0 Å². The lowest BCUT2D eigenvalue weighted by Crippen LogP contribution is -2.32. The minimum atomic E-state index is -0.655. The van der Waals surface area contributed by atoms with Crippen molar-refractivity contribution in [2.75, 3.05) is 0 Å². The number of rotatable bonds is 7. The molecule has 4 heteroatoms. The Morgan fingerprint density at radius 1 is 0.839 bits per heavy atom. The average Bonchev–Trinajstić information content (AvgIpc) is 2.82. The molecule has 31 heavy (non-hydrogen) atoms. The van der Waals surface area contributed by atoms with Gasteiger partial charge < -0.3 is 5.73 Å². The minimum Gasteiger partial charge on any atom is -0.321 e. The molecule has 0 aliphatic rings. The van der Waals surface area contributed by atoms with Gasteiger partial charge in [0.05, 0.1) is 12.0 Å². The molecule has 0 saturated carbocycles. The fourth-order valence-electron chi connectivity index (χ4n) is 3.64. The Balaban J connectivity index is 1.64. The maximum atomic E-state index is 12.9. The van der Waals surface area contributed by atoms with Crippen molar-refractivity contribution in [2.24, 2.45) is 5.73 Å². The van der Waals surface area contributed by atoms with Crippen LogP contribution in [0.25, 0.3) is 0 Å². The number of pyridine rings is 1. The van der Waals surface area contributed by atoms with Crippen molar-refractivity contribution in [1.29, 1.82) is 0 Å². The molecule has 0 aliphatic heterocycles. The Hall–Kier alpha value is -3.27. The third kappa shape index (κ3) is 4.91. The van der Waals surface area contributed by atoms with Gasteiger partial charge in [-0.15, -0.1) is 0 Å². The van der Waals surface area contributed by atoms with E-state index in [-0.39, 0.29) is 5.78 Å². The lowest BCUT2D eigenvalue weighted by atomic mass is 9.84. The fraction of sp³-hybridized carbons (Fsp3) is 0.0741. The van der Waals surface area contributed by atoms with Gasteiger partial charge in [0, 0.05) is 23.0 Å². The van der Waals surface area contributed by atoms with Gasteiger partial charge in [-0.1, -0.05) is 90.5 Å². The lowest BCUT2D eigenvalue weighted by molar-refractivity contribution is 0.0961. The van der Waals surface area contributed by atoms with Crippen LogP contribution in [-0.2, 0) is 6.42 Å². The summed E-state index contributed by atoms with van der Waals surface area (Å²) in [5.41, 5.74) is 10.6. The quantitative estimate of drug-likeness (QED) is 0.314. The zero-order valence-corrected chi connectivity index (χ0v) is 17.7. The molecule has 4 rings (SSSR count). The third-order valence-electron chi connectivity index (χ3n) is 5.16. The van der Waals surface area contributed by atoms with E-state index in [1.165, 1.54) is 0 Å². The van der Waals surface area contributed by atoms with E-state index in [0.29, 0.717) is 17.0 Å². The second kappa shape index (κ2) is 9.69. The number of carbonyl (C=O) groups is 1. The van der Waals surface area contributed by atoms with Crippen LogP contribution in [0.2, 0.25) is 5.02 Å². The van der Waals surface area contributed by atoms with Crippen molar-refractivity contribution < 1.29 is 4.79 Å². The summed E-state index contributed by atoms with van der Waals surface area (Å²) < 4.78 is 0. The first-order chi connectivity index (χ1) is 15.1.